The minimum absolute atomic E-state index is 0.318. The van der Waals surface area contributed by atoms with E-state index >= 15 is 0 Å². The van der Waals surface area contributed by atoms with Crippen molar-refractivity contribution in [2.45, 2.75) is 18.2 Å². The molecule has 0 saturated carbocycles. The number of aryl methyl sites for hydroxylation is 1. The van der Waals surface area contributed by atoms with Crippen molar-refractivity contribution in [2.24, 2.45) is 0 Å². The van der Waals surface area contributed by atoms with Gasteiger partial charge in [-0.25, -0.2) is 8.42 Å². The maximum absolute atomic E-state index is 12.6. The fraction of sp³-hybridized carbons (Fsp3) is 0.200. The second kappa shape index (κ2) is 6.15. The fourth-order valence-electron chi connectivity index (χ4n) is 2.05. The molecule has 0 aliphatic heterocycles. The van der Waals surface area contributed by atoms with Gasteiger partial charge in [0.15, 0.2) is 4.90 Å². The number of rotatable bonds is 5. The summed E-state index contributed by atoms with van der Waals surface area (Å²) in [5, 5.41) is 11.0. The zero-order chi connectivity index (χ0) is 16.3. The van der Waals surface area contributed by atoms with Crippen molar-refractivity contribution < 1.29 is 13.3 Å². The molecule has 0 N–H and O–H groups in total. The van der Waals surface area contributed by atoms with Crippen molar-refractivity contribution in [3.05, 3.63) is 64.2 Å². The van der Waals surface area contributed by atoms with Gasteiger partial charge in [0, 0.05) is 13.1 Å². The van der Waals surface area contributed by atoms with E-state index < -0.39 is 20.6 Å². The molecule has 0 atom stereocenters. The summed E-state index contributed by atoms with van der Waals surface area (Å²) in [5.74, 6) is 0. The van der Waals surface area contributed by atoms with E-state index in [1.807, 2.05) is 19.1 Å². The molecule has 0 aliphatic carbocycles. The Morgan fingerprint density at radius 2 is 1.68 bits per heavy atom. The lowest BCUT2D eigenvalue weighted by Crippen LogP contribution is -2.27. The Labute approximate surface area is 129 Å². The zero-order valence-corrected chi connectivity index (χ0v) is 13.1. The summed E-state index contributed by atoms with van der Waals surface area (Å²) in [6.45, 7) is 2.00. The Hall–Kier alpha value is -2.41. The van der Waals surface area contributed by atoms with E-state index in [-0.39, 0.29) is 4.90 Å². The first kappa shape index (κ1) is 16.0. The van der Waals surface area contributed by atoms with E-state index in [1.54, 1.807) is 12.1 Å². The lowest BCUT2D eigenvalue weighted by molar-refractivity contribution is -0.387. The van der Waals surface area contributed by atoms with Gasteiger partial charge in [0.05, 0.1) is 10.6 Å². The number of nitrogens with zero attached hydrogens (tertiary/aromatic N) is 2. The molecule has 2 aromatic carbocycles. The van der Waals surface area contributed by atoms with Crippen LogP contribution < -0.4 is 4.31 Å². The van der Waals surface area contributed by atoms with Crippen LogP contribution >= 0.6 is 0 Å². The van der Waals surface area contributed by atoms with E-state index in [0.717, 1.165) is 16.3 Å². The van der Waals surface area contributed by atoms with Crippen LogP contribution in [0.5, 0.6) is 0 Å². The van der Waals surface area contributed by atoms with Gasteiger partial charge in [0.2, 0.25) is 0 Å². The van der Waals surface area contributed by atoms with Gasteiger partial charge in [-0.05, 0) is 30.2 Å². The lowest BCUT2D eigenvalue weighted by Gasteiger charge is -2.19. The van der Waals surface area contributed by atoms with E-state index in [4.69, 9.17) is 0 Å². The minimum atomic E-state index is -4.00. The second-order valence-electron chi connectivity index (χ2n) is 4.72. The summed E-state index contributed by atoms with van der Waals surface area (Å²) in [6.07, 6.45) is 0.848. The molecule has 0 spiro atoms. The molecule has 7 heteroatoms. The number of nitro groups is 1. The molecule has 22 heavy (non-hydrogen) atoms. The quantitative estimate of drug-likeness (QED) is 0.626. The predicted molar refractivity (Wildman–Crippen MR) is 84.5 cm³/mol. The van der Waals surface area contributed by atoms with Crippen LogP contribution in [0.25, 0.3) is 0 Å². The number of benzene rings is 2. The van der Waals surface area contributed by atoms with Crippen LogP contribution in [0.15, 0.2) is 53.4 Å². The summed E-state index contributed by atoms with van der Waals surface area (Å²) in [7, 11) is -2.61. The van der Waals surface area contributed by atoms with Crippen LogP contribution in [-0.2, 0) is 16.4 Å². The second-order valence-corrected chi connectivity index (χ2v) is 6.66. The SMILES string of the molecule is CCc1ccc(N(C)S(=O)(=O)c2ccccc2[N+](=O)[O-])cc1. The van der Waals surface area contributed by atoms with Crippen molar-refractivity contribution in [3.63, 3.8) is 0 Å². The van der Waals surface area contributed by atoms with Gasteiger partial charge in [-0.2, -0.15) is 0 Å². The highest BCUT2D eigenvalue weighted by atomic mass is 32.2. The molecule has 0 bridgehead atoms. The minimum Gasteiger partial charge on any atom is -0.269 e. The Morgan fingerprint density at radius 3 is 2.23 bits per heavy atom. The van der Waals surface area contributed by atoms with E-state index in [9.17, 15) is 18.5 Å². The Kier molecular flexibility index (Phi) is 4.46. The first-order valence-electron chi connectivity index (χ1n) is 6.69. The van der Waals surface area contributed by atoms with E-state index in [0.29, 0.717) is 5.69 Å². The molecule has 0 aromatic heterocycles. The van der Waals surface area contributed by atoms with Gasteiger partial charge in [0.25, 0.3) is 15.7 Å². The highest BCUT2D eigenvalue weighted by Crippen LogP contribution is 2.28. The molecule has 0 unspecified atom stereocenters. The molecule has 2 rings (SSSR count). The van der Waals surface area contributed by atoms with Crippen LogP contribution in [0.4, 0.5) is 11.4 Å². The highest BCUT2D eigenvalue weighted by Gasteiger charge is 2.29. The summed E-state index contributed by atoms with van der Waals surface area (Å²) in [6, 6.07) is 12.4. The van der Waals surface area contributed by atoms with Crippen LogP contribution in [0, 0.1) is 10.1 Å². The van der Waals surface area contributed by atoms with Crippen LogP contribution in [0.1, 0.15) is 12.5 Å². The smallest absolute Gasteiger partial charge is 0.269 e. The third kappa shape index (κ3) is 2.94. The summed E-state index contributed by atoms with van der Waals surface area (Å²) < 4.78 is 26.3. The first-order valence-corrected chi connectivity index (χ1v) is 8.13. The van der Waals surface area contributed by atoms with Crippen molar-refractivity contribution in [3.8, 4) is 0 Å². The van der Waals surface area contributed by atoms with Gasteiger partial charge in [0.1, 0.15) is 0 Å². The summed E-state index contributed by atoms with van der Waals surface area (Å²) in [4.78, 5) is 10.0. The van der Waals surface area contributed by atoms with Crippen molar-refractivity contribution in [1.29, 1.82) is 0 Å². The van der Waals surface area contributed by atoms with Crippen molar-refractivity contribution in [1.82, 2.24) is 0 Å². The van der Waals surface area contributed by atoms with Gasteiger partial charge < -0.3 is 0 Å². The highest BCUT2D eigenvalue weighted by molar-refractivity contribution is 7.93. The number of hydrogen-bond acceptors (Lipinski definition) is 4. The molecule has 0 saturated heterocycles. The summed E-state index contributed by atoms with van der Waals surface area (Å²) in [5.41, 5.74) is 1.11. The lowest BCUT2D eigenvalue weighted by atomic mass is 10.1. The van der Waals surface area contributed by atoms with Crippen LogP contribution in [-0.4, -0.2) is 20.4 Å². The van der Waals surface area contributed by atoms with E-state index in [1.165, 1.54) is 31.3 Å². The van der Waals surface area contributed by atoms with Gasteiger partial charge >= 0.3 is 0 Å². The predicted octanol–water partition coefficient (Wildman–Crippen LogP) is 2.98. The monoisotopic (exact) mass is 320 g/mol. The number of hydrogen-bond donors (Lipinski definition) is 0. The topological polar surface area (TPSA) is 80.5 Å². The van der Waals surface area contributed by atoms with Gasteiger partial charge in [-0.15, -0.1) is 0 Å². The average Bonchev–Trinajstić information content (AvgIpc) is 2.54. The molecule has 116 valence electrons. The van der Waals surface area contributed by atoms with Crippen molar-refractivity contribution in [2.75, 3.05) is 11.4 Å². The largest absolute Gasteiger partial charge is 0.289 e. The standard InChI is InChI=1S/C15H16N2O4S/c1-3-12-8-10-13(11-9-12)16(2)22(20,21)15-7-5-4-6-14(15)17(18)19/h4-11H,3H2,1-2H3. The molecule has 0 aliphatic rings. The third-order valence-corrected chi connectivity index (χ3v) is 5.24. The molecule has 6 nitrogen and oxygen atoms in total. The van der Waals surface area contributed by atoms with Crippen LogP contribution in [0.3, 0.4) is 0 Å². The third-order valence-electron chi connectivity index (χ3n) is 3.41. The number of nitro benzene ring substituents is 1. The Bertz CT molecular complexity index is 785. The Morgan fingerprint density at radius 1 is 1.09 bits per heavy atom. The molecule has 0 fully saturated rings. The molecular weight excluding hydrogens is 304 g/mol. The van der Waals surface area contributed by atoms with Gasteiger partial charge in [-0.3, -0.25) is 14.4 Å². The maximum atomic E-state index is 12.6. The number of para-hydroxylation sites is 1. The average molecular weight is 320 g/mol. The molecular formula is C15H16N2O4S. The Balaban J connectivity index is 2.47. The molecule has 2 aromatic rings. The molecule has 0 amide bonds. The first-order chi connectivity index (χ1) is 10.4. The fourth-order valence-corrected chi connectivity index (χ4v) is 3.41. The maximum Gasteiger partial charge on any atom is 0.289 e. The molecule has 0 radical (unpaired) electrons. The normalized spacial score (nSPS) is 11.2. The van der Waals surface area contributed by atoms with Crippen molar-refractivity contribution >= 4 is 21.4 Å². The summed E-state index contributed by atoms with van der Waals surface area (Å²) >= 11 is 0. The molecule has 0 heterocycles. The van der Waals surface area contributed by atoms with Gasteiger partial charge in [-0.1, -0.05) is 31.2 Å². The zero-order valence-electron chi connectivity index (χ0n) is 12.3. The van der Waals surface area contributed by atoms with Crippen LogP contribution in [0.2, 0.25) is 0 Å². The number of sulfonamides is 1. The van der Waals surface area contributed by atoms with E-state index in [2.05, 4.69) is 0 Å². The number of anilines is 1.